The second-order valence-electron chi connectivity index (χ2n) is 5.57. The summed E-state index contributed by atoms with van der Waals surface area (Å²) in [5, 5.41) is 3.11. The van der Waals surface area contributed by atoms with Crippen molar-refractivity contribution in [2.24, 2.45) is 11.7 Å². The van der Waals surface area contributed by atoms with Gasteiger partial charge in [-0.3, -0.25) is 9.78 Å². The van der Waals surface area contributed by atoms with Gasteiger partial charge in [0.05, 0.1) is 11.2 Å². The fourth-order valence-electron chi connectivity index (χ4n) is 2.25. The number of nitrogens with zero attached hydrogens (tertiary/aromatic N) is 1. The lowest BCUT2D eigenvalue weighted by Gasteiger charge is -2.29. The molecule has 1 saturated carbocycles. The van der Waals surface area contributed by atoms with Crippen LogP contribution in [0.25, 0.3) is 0 Å². The van der Waals surface area contributed by atoms with Crippen molar-refractivity contribution in [2.45, 2.75) is 37.5 Å². The predicted molar refractivity (Wildman–Crippen MR) is 97.8 cm³/mol. The van der Waals surface area contributed by atoms with E-state index >= 15 is 0 Å². The molecule has 1 aromatic rings. The van der Waals surface area contributed by atoms with Crippen molar-refractivity contribution < 1.29 is 4.79 Å². The van der Waals surface area contributed by atoms with Gasteiger partial charge in [0.1, 0.15) is 0 Å². The molecule has 7 heteroatoms. The third-order valence-electron chi connectivity index (χ3n) is 3.78. The van der Waals surface area contributed by atoms with Crippen molar-refractivity contribution >= 4 is 42.5 Å². The molecule has 0 aliphatic heterocycles. The number of carbonyl (C=O) groups is 1. The van der Waals surface area contributed by atoms with Crippen LogP contribution in [0.15, 0.2) is 24.4 Å². The van der Waals surface area contributed by atoms with Crippen LogP contribution in [-0.4, -0.2) is 28.7 Å². The molecule has 2 rings (SSSR count). The van der Waals surface area contributed by atoms with E-state index in [1.165, 1.54) is 12.8 Å². The number of nitrogens with two attached hydrogens (primary N) is 1. The molecule has 1 heterocycles. The molecule has 0 radical (unpaired) electrons. The number of hydrogen-bond acceptors (Lipinski definition) is 4. The van der Waals surface area contributed by atoms with Crippen LogP contribution < -0.4 is 11.1 Å². The molecule has 1 aromatic heterocycles. The first-order chi connectivity index (χ1) is 9.64. The maximum atomic E-state index is 12.0. The van der Waals surface area contributed by atoms with Gasteiger partial charge in [0.25, 0.3) is 0 Å². The lowest BCUT2D eigenvalue weighted by Crippen LogP contribution is -2.53. The van der Waals surface area contributed by atoms with E-state index in [2.05, 4.69) is 17.2 Å². The first-order valence-electron chi connectivity index (χ1n) is 7.13. The van der Waals surface area contributed by atoms with E-state index in [0.29, 0.717) is 18.9 Å². The number of aromatic nitrogens is 1. The molecule has 1 amide bonds. The standard InChI is InChI=1S/C15H23N3OS.2ClH/c1-15(11-16,12-5-6-12)18-14(19)7-9-20-10-13-4-2-3-8-17-13;;/h2-4,8,12H,5-7,9-11,16H2,1H3,(H,18,19);2*1H. The molecule has 1 unspecified atom stereocenters. The fourth-order valence-corrected chi connectivity index (χ4v) is 3.10. The average Bonchev–Trinajstić information content (AvgIpc) is 3.29. The quantitative estimate of drug-likeness (QED) is 0.695. The van der Waals surface area contributed by atoms with Crippen LogP contribution in [0.1, 0.15) is 31.9 Å². The Labute approximate surface area is 149 Å². The minimum Gasteiger partial charge on any atom is -0.349 e. The number of rotatable bonds is 8. The molecule has 0 aromatic carbocycles. The van der Waals surface area contributed by atoms with Gasteiger partial charge in [-0.25, -0.2) is 0 Å². The predicted octanol–water partition coefficient (Wildman–Crippen LogP) is 2.79. The van der Waals surface area contributed by atoms with Crippen LogP contribution in [0.2, 0.25) is 0 Å². The molecule has 0 bridgehead atoms. The number of thioether (sulfide) groups is 1. The van der Waals surface area contributed by atoms with E-state index < -0.39 is 0 Å². The SMILES string of the molecule is CC(CN)(NC(=O)CCSCc1ccccn1)C1CC1.Cl.Cl. The molecular weight excluding hydrogens is 341 g/mol. The highest BCUT2D eigenvalue weighted by molar-refractivity contribution is 7.98. The van der Waals surface area contributed by atoms with Gasteiger partial charge in [-0.1, -0.05) is 6.07 Å². The van der Waals surface area contributed by atoms with Crippen molar-refractivity contribution in [3.8, 4) is 0 Å². The number of nitrogens with one attached hydrogen (secondary N) is 1. The van der Waals surface area contributed by atoms with Gasteiger partial charge >= 0.3 is 0 Å². The van der Waals surface area contributed by atoms with Crippen molar-refractivity contribution in [2.75, 3.05) is 12.3 Å². The van der Waals surface area contributed by atoms with Crippen LogP contribution in [0.3, 0.4) is 0 Å². The first kappa shape index (κ1) is 21.5. The Kier molecular flexibility index (Phi) is 10.1. The molecular formula is C15H25Cl2N3OS. The number of halogens is 2. The molecule has 1 atom stereocenters. The number of amides is 1. The summed E-state index contributed by atoms with van der Waals surface area (Å²) in [5.74, 6) is 2.34. The molecule has 22 heavy (non-hydrogen) atoms. The zero-order valence-corrected chi connectivity index (χ0v) is 15.2. The highest BCUT2D eigenvalue weighted by Gasteiger charge is 2.41. The van der Waals surface area contributed by atoms with Gasteiger partial charge in [0, 0.05) is 30.7 Å². The average molecular weight is 366 g/mol. The number of carbonyl (C=O) groups excluding carboxylic acids is 1. The molecule has 1 aliphatic rings. The molecule has 0 saturated heterocycles. The smallest absolute Gasteiger partial charge is 0.221 e. The highest BCUT2D eigenvalue weighted by atomic mass is 35.5. The number of hydrogen-bond donors (Lipinski definition) is 2. The van der Waals surface area contributed by atoms with Crippen LogP contribution >= 0.6 is 36.6 Å². The Balaban J connectivity index is 0.00000220. The summed E-state index contributed by atoms with van der Waals surface area (Å²) in [6, 6.07) is 5.90. The lowest BCUT2D eigenvalue weighted by molar-refractivity contribution is -0.122. The molecule has 126 valence electrons. The van der Waals surface area contributed by atoms with Gasteiger partial charge in [-0.05, 0) is 37.8 Å². The molecule has 1 aliphatic carbocycles. The van der Waals surface area contributed by atoms with Gasteiger partial charge < -0.3 is 11.1 Å². The topological polar surface area (TPSA) is 68.0 Å². The Morgan fingerprint density at radius 2 is 2.18 bits per heavy atom. The molecule has 1 fully saturated rings. The molecule has 0 spiro atoms. The van der Waals surface area contributed by atoms with Crippen LogP contribution in [0.5, 0.6) is 0 Å². The maximum absolute atomic E-state index is 12.0. The Hall–Kier alpha value is -0.490. The monoisotopic (exact) mass is 365 g/mol. The summed E-state index contributed by atoms with van der Waals surface area (Å²) in [7, 11) is 0. The van der Waals surface area contributed by atoms with Gasteiger partial charge in [0.15, 0.2) is 0 Å². The van der Waals surface area contributed by atoms with Crippen molar-refractivity contribution in [3.05, 3.63) is 30.1 Å². The van der Waals surface area contributed by atoms with E-state index in [4.69, 9.17) is 5.73 Å². The van der Waals surface area contributed by atoms with Crippen LogP contribution in [-0.2, 0) is 10.5 Å². The van der Waals surface area contributed by atoms with Crippen LogP contribution in [0, 0.1) is 5.92 Å². The Morgan fingerprint density at radius 3 is 2.73 bits per heavy atom. The second kappa shape index (κ2) is 10.3. The van der Waals surface area contributed by atoms with E-state index in [-0.39, 0.29) is 36.3 Å². The Morgan fingerprint density at radius 1 is 1.45 bits per heavy atom. The zero-order chi connectivity index (χ0) is 14.4. The minimum absolute atomic E-state index is 0. The summed E-state index contributed by atoms with van der Waals surface area (Å²) in [5.41, 5.74) is 6.65. The van der Waals surface area contributed by atoms with Gasteiger partial charge in [-0.15, -0.1) is 24.8 Å². The summed E-state index contributed by atoms with van der Waals surface area (Å²) >= 11 is 1.74. The molecule has 4 nitrogen and oxygen atoms in total. The van der Waals surface area contributed by atoms with E-state index in [1.54, 1.807) is 18.0 Å². The Bertz CT molecular complexity index is 446. The van der Waals surface area contributed by atoms with E-state index in [1.807, 2.05) is 18.2 Å². The van der Waals surface area contributed by atoms with Crippen molar-refractivity contribution in [1.82, 2.24) is 10.3 Å². The minimum atomic E-state index is -0.206. The maximum Gasteiger partial charge on any atom is 0.221 e. The zero-order valence-electron chi connectivity index (χ0n) is 12.8. The third-order valence-corrected chi connectivity index (χ3v) is 4.77. The van der Waals surface area contributed by atoms with Gasteiger partial charge in [0.2, 0.25) is 5.91 Å². The fraction of sp³-hybridized carbons (Fsp3) is 0.600. The summed E-state index contributed by atoms with van der Waals surface area (Å²) in [6.07, 6.45) is 4.70. The summed E-state index contributed by atoms with van der Waals surface area (Å²) in [6.45, 7) is 2.58. The number of pyridine rings is 1. The largest absolute Gasteiger partial charge is 0.349 e. The summed E-state index contributed by atoms with van der Waals surface area (Å²) < 4.78 is 0. The van der Waals surface area contributed by atoms with E-state index in [9.17, 15) is 4.79 Å². The third kappa shape index (κ3) is 6.73. The molecule has 3 N–H and O–H groups in total. The van der Waals surface area contributed by atoms with Gasteiger partial charge in [-0.2, -0.15) is 11.8 Å². The first-order valence-corrected chi connectivity index (χ1v) is 8.28. The summed E-state index contributed by atoms with van der Waals surface area (Å²) in [4.78, 5) is 16.2. The van der Waals surface area contributed by atoms with E-state index in [0.717, 1.165) is 17.2 Å². The van der Waals surface area contributed by atoms with Crippen LogP contribution in [0.4, 0.5) is 0 Å². The lowest BCUT2D eigenvalue weighted by atomic mass is 9.96. The second-order valence-corrected chi connectivity index (χ2v) is 6.67. The van der Waals surface area contributed by atoms with Crippen molar-refractivity contribution in [3.63, 3.8) is 0 Å². The van der Waals surface area contributed by atoms with Crippen molar-refractivity contribution in [1.29, 1.82) is 0 Å². The normalized spacial score (nSPS) is 15.9. The highest BCUT2D eigenvalue weighted by Crippen LogP contribution is 2.38.